The molecule has 0 aliphatic heterocycles. The van der Waals surface area contributed by atoms with E-state index in [0.717, 1.165) is 24.2 Å². The first-order chi connectivity index (χ1) is 9.16. The topological polar surface area (TPSA) is 65.4 Å². The Morgan fingerprint density at radius 1 is 1.21 bits per heavy atom. The molecule has 19 heavy (non-hydrogen) atoms. The Morgan fingerprint density at radius 2 is 2.05 bits per heavy atom. The van der Waals surface area contributed by atoms with Crippen LogP contribution in [0.15, 0.2) is 42.6 Å². The molecule has 0 amide bonds. The molecule has 0 aliphatic rings. The largest absolute Gasteiger partial charge is 0.508 e. The number of nitrogens with one attached hydrogen (secondary N) is 1. The Balaban J connectivity index is 1.89. The van der Waals surface area contributed by atoms with Crippen LogP contribution in [0, 0.1) is 0 Å². The van der Waals surface area contributed by atoms with Crippen LogP contribution in [0.5, 0.6) is 11.5 Å². The van der Waals surface area contributed by atoms with Crippen LogP contribution in [0.3, 0.4) is 0 Å². The van der Waals surface area contributed by atoms with Gasteiger partial charge in [-0.2, -0.15) is 0 Å². The predicted octanol–water partition coefficient (Wildman–Crippen LogP) is 2.39. The fourth-order valence-corrected chi connectivity index (χ4v) is 1.97. The molecule has 0 fully saturated rings. The van der Waals surface area contributed by atoms with Crippen LogP contribution in [0.1, 0.15) is 24.2 Å². The molecule has 0 spiro atoms. The average molecular weight is 258 g/mol. The molecule has 1 heterocycles. The lowest BCUT2D eigenvalue weighted by Gasteiger charge is -2.15. The van der Waals surface area contributed by atoms with Crippen molar-refractivity contribution in [3.05, 3.63) is 53.9 Å². The summed E-state index contributed by atoms with van der Waals surface area (Å²) in [6.45, 7) is 2.75. The highest BCUT2D eigenvalue weighted by molar-refractivity contribution is 5.40. The van der Waals surface area contributed by atoms with Gasteiger partial charge in [-0.1, -0.05) is 12.1 Å². The van der Waals surface area contributed by atoms with Gasteiger partial charge < -0.3 is 15.5 Å². The first-order valence-corrected chi connectivity index (χ1v) is 6.32. The molecular formula is C15H18N2O2. The second-order valence-electron chi connectivity index (χ2n) is 4.49. The molecule has 2 rings (SSSR count). The van der Waals surface area contributed by atoms with Crippen LogP contribution in [0.2, 0.25) is 0 Å². The van der Waals surface area contributed by atoms with E-state index in [1.165, 1.54) is 6.07 Å². The van der Waals surface area contributed by atoms with E-state index in [0.29, 0.717) is 0 Å². The number of hydrogen-bond acceptors (Lipinski definition) is 4. The van der Waals surface area contributed by atoms with Gasteiger partial charge in [0.15, 0.2) is 0 Å². The number of hydrogen-bond donors (Lipinski definition) is 3. The van der Waals surface area contributed by atoms with E-state index in [9.17, 15) is 10.2 Å². The van der Waals surface area contributed by atoms with Crippen molar-refractivity contribution in [2.75, 3.05) is 6.54 Å². The van der Waals surface area contributed by atoms with Crippen LogP contribution in [-0.2, 0) is 6.42 Å². The van der Waals surface area contributed by atoms with Crippen LogP contribution < -0.4 is 5.32 Å². The van der Waals surface area contributed by atoms with Crippen molar-refractivity contribution in [3.63, 3.8) is 0 Å². The molecule has 0 radical (unpaired) electrons. The van der Waals surface area contributed by atoms with Gasteiger partial charge in [0.05, 0.1) is 0 Å². The quantitative estimate of drug-likeness (QED) is 0.770. The lowest BCUT2D eigenvalue weighted by Crippen LogP contribution is -2.21. The molecule has 4 heteroatoms. The smallest absolute Gasteiger partial charge is 0.124 e. The van der Waals surface area contributed by atoms with E-state index in [-0.39, 0.29) is 17.5 Å². The lowest BCUT2D eigenvalue weighted by atomic mass is 10.1. The van der Waals surface area contributed by atoms with E-state index in [4.69, 9.17) is 0 Å². The molecule has 2 aromatic rings. The molecule has 0 saturated heterocycles. The standard InChI is InChI=1S/C15H18N2O2/c1-11(14-6-5-13(18)10-15(14)19)16-9-7-12-4-2-3-8-17-12/h2-6,8,10-11,16,18-19H,7,9H2,1H3. The third-order valence-electron chi connectivity index (χ3n) is 3.04. The zero-order chi connectivity index (χ0) is 13.7. The van der Waals surface area contributed by atoms with E-state index in [1.54, 1.807) is 18.3 Å². The van der Waals surface area contributed by atoms with Crippen molar-refractivity contribution in [2.45, 2.75) is 19.4 Å². The van der Waals surface area contributed by atoms with Crippen molar-refractivity contribution < 1.29 is 10.2 Å². The maximum Gasteiger partial charge on any atom is 0.124 e. The molecule has 0 bridgehead atoms. The summed E-state index contributed by atoms with van der Waals surface area (Å²) in [5, 5.41) is 22.3. The summed E-state index contributed by atoms with van der Waals surface area (Å²) in [5.41, 5.74) is 1.82. The maximum absolute atomic E-state index is 9.77. The van der Waals surface area contributed by atoms with Crippen LogP contribution in [0.4, 0.5) is 0 Å². The average Bonchev–Trinajstić information content (AvgIpc) is 2.39. The summed E-state index contributed by atoms with van der Waals surface area (Å²) in [6.07, 6.45) is 2.62. The van der Waals surface area contributed by atoms with Gasteiger partial charge in [-0.25, -0.2) is 0 Å². The van der Waals surface area contributed by atoms with Crippen molar-refractivity contribution in [3.8, 4) is 11.5 Å². The summed E-state index contributed by atoms with van der Waals surface area (Å²) in [6, 6.07) is 10.5. The second-order valence-corrected chi connectivity index (χ2v) is 4.49. The number of pyridine rings is 1. The van der Waals surface area contributed by atoms with Crippen molar-refractivity contribution >= 4 is 0 Å². The minimum atomic E-state index is 0.0179. The Kier molecular flexibility index (Phi) is 4.36. The number of phenols is 2. The fourth-order valence-electron chi connectivity index (χ4n) is 1.97. The summed E-state index contributed by atoms with van der Waals surface area (Å²) in [4.78, 5) is 4.26. The molecular weight excluding hydrogens is 240 g/mol. The minimum absolute atomic E-state index is 0.0179. The first-order valence-electron chi connectivity index (χ1n) is 6.32. The van der Waals surface area contributed by atoms with Gasteiger partial charge in [-0.15, -0.1) is 0 Å². The van der Waals surface area contributed by atoms with E-state index < -0.39 is 0 Å². The highest BCUT2D eigenvalue weighted by Crippen LogP contribution is 2.27. The highest BCUT2D eigenvalue weighted by atomic mass is 16.3. The van der Waals surface area contributed by atoms with Crippen molar-refractivity contribution in [1.82, 2.24) is 10.3 Å². The molecule has 1 atom stereocenters. The monoisotopic (exact) mass is 258 g/mol. The lowest BCUT2D eigenvalue weighted by molar-refractivity contribution is 0.436. The van der Waals surface area contributed by atoms with Crippen molar-refractivity contribution in [2.24, 2.45) is 0 Å². The molecule has 1 aromatic carbocycles. The number of aromatic hydroxyl groups is 2. The van der Waals surface area contributed by atoms with Gasteiger partial charge in [-0.3, -0.25) is 4.98 Å². The fraction of sp³-hybridized carbons (Fsp3) is 0.267. The SMILES string of the molecule is CC(NCCc1ccccn1)c1ccc(O)cc1O. The molecule has 1 unspecified atom stereocenters. The summed E-state index contributed by atoms with van der Waals surface area (Å²) >= 11 is 0. The number of rotatable bonds is 5. The van der Waals surface area contributed by atoms with Gasteiger partial charge in [0.1, 0.15) is 11.5 Å². The normalized spacial score (nSPS) is 12.3. The first kappa shape index (κ1) is 13.4. The molecule has 100 valence electrons. The zero-order valence-corrected chi connectivity index (χ0v) is 10.9. The van der Waals surface area contributed by atoms with Gasteiger partial charge in [0.25, 0.3) is 0 Å². The van der Waals surface area contributed by atoms with Gasteiger partial charge in [-0.05, 0) is 25.1 Å². The Labute approximate surface area is 112 Å². The Hall–Kier alpha value is -2.07. The van der Waals surface area contributed by atoms with Gasteiger partial charge >= 0.3 is 0 Å². The summed E-state index contributed by atoms with van der Waals surface area (Å²) < 4.78 is 0. The summed E-state index contributed by atoms with van der Waals surface area (Å²) in [7, 11) is 0. The Morgan fingerprint density at radius 3 is 2.74 bits per heavy atom. The number of aromatic nitrogens is 1. The number of phenolic OH excluding ortho intramolecular Hbond substituents is 2. The van der Waals surface area contributed by atoms with Crippen LogP contribution in [0.25, 0.3) is 0 Å². The molecule has 0 aliphatic carbocycles. The molecule has 0 saturated carbocycles. The van der Waals surface area contributed by atoms with E-state index >= 15 is 0 Å². The molecule has 3 N–H and O–H groups in total. The van der Waals surface area contributed by atoms with Crippen molar-refractivity contribution in [1.29, 1.82) is 0 Å². The molecule has 4 nitrogen and oxygen atoms in total. The van der Waals surface area contributed by atoms with E-state index in [2.05, 4.69) is 10.3 Å². The predicted molar refractivity (Wildman–Crippen MR) is 74.1 cm³/mol. The van der Waals surface area contributed by atoms with Crippen LogP contribution >= 0.6 is 0 Å². The van der Waals surface area contributed by atoms with Gasteiger partial charge in [0.2, 0.25) is 0 Å². The third kappa shape index (κ3) is 3.69. The number of nitrogens with zero attached hydrogens (tertiary/aromatic N) is 1. The highest BCUT2D eigenvalue weighted by Gasteiger charge is 2.10. The van der Waals surface area contributed by atoms with Gasteiger partial charge in [0, 0.05) is 42.5 Å². The summed E-state index contributed by atoms with van der Waals surface area (Å²) in [5.74, 6) is 0.180. The Bertz CT molecular complexity index is 529. The minimum Gasteiger partial charge on any atom is -0.508 e. The maximum atomic E-state index is 9.77. The number of benzene rings is 1. The van der Waals surface area contributed by atoms with E-state index in [1.807, 2.05) is 25.1 Å². The third-order valence-corrected chi connectivity index (χ3v) is 3.04. The zero-order valence-electron chi connectivity index (χ0n) is 10.9. The van der Waals surface area contributed by atoms with Crippen LogP contribution in [-0.4, -0.2) is 21.7 Å². The molecule has 1 aromatic heterocycles. The second kappa shape index (κ2) is 6.20.